The summed E-state index contributed by atoms with van der Waals surface area (Å²) in [6, 6.07) is 0. The molecule has 1 aromatic rings. The van der Waals surface area contributed by atoms with Crippen molar-refractivity contribution in [2.24, 2.45) is 5.92 Å². The summed E-state index contributed by atoms with van der Waals surface area (Å²) in [7, 11) is 2.08. The molecule has 2 N–H and O–H groups in total. The summed E-state index contributed by atoms with van der Waals surface area (Å²) in [4.78, 5) is 11.3. The van der Waals surface area contributed by atoms with E-state index in [1.807, 2.05) is 6.92 Å². The van der Waals surface area contributed by atoms with Crippen molar-refractivity contribution in [1.82, 2.24) is 9.97 Å². The first-order chi connectivity index (χ1) is 9.61. The highest BCUT2D eigenvalue weighted by Gasteiger charge is 2.19. The lowest BCUT2D eigenvalue weighted by Crippen LogP contribution is -2.32. The van der Waals surface area contributed by atoms with E-state index in [0.717, 1.165) is 56.2 Å². The van der Waals surface area contributed by atoms with Crippen LogP contribution in [0.25, 0.3) is 0 Å². The van der Waals surface area contributed by atoms with Crippen LogP contribution in [0.1, 0.15) is 37.6 Å². The molecular formula is C15H26N4O. The Morgan fingerprint density at radius 3 is 2.85 bits per heavy atom. The maximum atomic E-state index is 6.02. The summed E-state index contributed by atoms with van der Waals surface area (Å²) in [5.74, 6) is 2.99. The molecule has 2 rings (SSSR count). The molecule has 1 unspecified atom stereocenters. The maximum absolute atomic E-state index is 6.02. The number of nitrogen functional groups attached to an aromatic ring is 1. The van der Waals surface area contributed by atoms with Gasteiger partial charge in [0.1, 0.15) is 17.5 Å². The van der Waals surface area contributed by atoms with E-state index in [2.05, 4.69) is 28.8 Å². The molecule has 0 aromatic carbocycles. The Kier molecular flexibility index (Phi) is 5.17. The molecule has 0 radical (unpaired) electrons. The SMILES string of the molecule is CCCc1nc(N)c(C)c(N(C)CC2CCCOC2)n1. The van der Waals surface area contributed by atoms with Gasteiger partial charge in [0.2, 0.25) is 0 Å². The number of rotatable bonds is 5. The van der Waals surface area contributed by atoms with Crippen LogP contribution in [0.2, 0.25) is 0 Å². The van der Waals surface area contributed by atoms with Crippen LogP contribution in [-0.4, -0.2) is 36.8 Å². The Hall–Kier alpha value is -1.36. The molecule has 5 heteroatoms. The molecule has 1 atom stereocenters. The van der Waals surface area contributed by atoms with Crippen LogP contribution in [0.15, 0.2) is 0 Å². The predicted molar refractivity (Wildman–Crippen MR) is 82.0 cm³/mol. The van der Waals surface area contributed by atoms with Crippen molar-refractivity contribution in [2.45, 2.75) is 39.5 Å². The highest BCUT2D eigenvalue weighted by Crippen LogP contribution is 2.23. The van der Waals surface area contributed by atoms with Crippen LogP contribution in [0.5, 0.6) is 0 Å². The molecule has 0 spiro atoms. The molecule has 0 aliphatic carbocycles. The fraction of sp³-hybridized carbons (Fsp3) is 0.733. The quantitative estimate of drug-likeness (QED) is 0.894. The first-order valence-electron chi connectivity index (χ1n) is 7.53. The molecule has 112 valence electrons. The molecule has 20 heavy (non-hydrogen) atoms. The lowest BCUT2D eigenvalue weighted by Gasteiger charge is -2.29. The van der Waals surface area contributed by atoms with E-state index < -0.39 is 0 Å². The summed E-state index contributed by atoms with van der Waals surface area (Å²) in [6.45, 7) is 6.84. The highest BCUT2D eigenvalue weighted by molar-refractivity contribution is 5.56. The van der Waals surface area contributed by atoms with Crippen molar-refractivity contribution in [1.29, 1.82) is 0 Å². The maximum Gasteiger partial charge on any atom is 0.137 e. The number of hydrogen-bond donors (Lipinski definition) is 1. The van der Waals surface area contributed by atoms with E-state index in [0.29, 0.717) is 11.7 Å². The second kappa shape index (κ2) is 6.88. The van der Waals surface area contributed by atoms with Gasteiger partial charge in [-0.05, 0) is 32.1 Å². The summed E-state index contributed by atoms with van der Waals surface area (Å²) in [5.41, 5.74) is 7.00. The molecule has 5 nitrogen and oxygen atoms in total. The van der Waals surface area contributed by atoms with Crippen LogP contribution in [0, 0.1) is 12.8 Å². The van der Waals surface area contributed by atoms with Gasteiger partial charge in [0.15, 0.2) is 0 Å². The Bertz CT molecular complexity index is 444. The van der Waals surface area contributed by atoms with Crippen LogP contribution >= 0.6 is 0 Å². The van der Waals surface area contributed by atoms with Crippen LogP contribution < -0.4 is 10.6 Å². The normalized spacial score (nSPS) is 19.1. The minimum atomic E-state index is 0.582. The molecular weight excluding hydrogens is 252 g/mol. The van der Waals surface area contributed by atoms with E-state index >= 15 is 0 Å². The fourth-order valence-corrected chi connectivity index (χ4v) is 2.70. The molecule has 0 bridgehead atoms. The van der Waals surface area contributed by atoms with Crippen molar-refractivity contribution in [3.05, 3.63) is 11.4 Å². The molecule has 1 aliphatic heterocycles. The van der Waals surface area contributed by atoms with Crippen molar-refractivity contribution in [2.75, 3.05) is 37.4 Å². The lowest BCUT2D eigenvalue weighted by molar-refractivity contribution is 0.0576. The van der Waals surface area contributed by atoms with Gasteiger partial charge in [0.05, 0.1) is 6.61 Å². The molecule has 1 aliphatic rings. The topological polar surface area (TPSA) is 64.3 Å². The molecule has 0 saturated carbocycles. The van der Waals surface area contributed by atoms with E-state index in [1.54, 1.807) is 0 Å². The molecule has 1 aromatic heterocycles. The van der Waals surface area contributed by atoms with Crippen molar-refractivity contribution < 1.29 is 4.74 Å². The summed E-state index contributed by atoms with van der Waals surface area (Å²) < 4.78 is 5.55. The minimum absolute atomic E-state index is 0.582. The monoisotopic (exact) mass is 278 g/mol. The third-order valence-corrected chi connectivity index (χ3v) is 3.83. The van der Waals surface area contributed by atoms with Crippen LogP contribution in [-0.2, 0) is 11.2 Å². The van der Waals surface area contributed by atoms with E-state index in [4.69, 9.17) is 10.5 Å². The van der Waals surface area contributed by atoms with Crippen molar-refractivity contribution >= 4 is 11.6 Å². The summed E-state index contributed by atoms with van der Waals surface area (Å²) >= 11 is 0. The second-order valence-corrected chi connectivity index (χ2v) is 5.69. The summed E-state index contributed by atoms with van der Waals surface area (Å²) in [5, 5.41) is 0. The predicted octanol–water partition coefficient (Wildman–Crippen LogP) is 2.18. The average molecular weight is 278 g/mol. The third-order valence-electron chi connectivity index (χ3n) is 3.83. The number of nitrogens with zero attached hydrogens (tertiary/aromatic N) is 3. The van der Waals surface area contributed by atoms with E-state index in [9.17, 15) is 0 Å². The van der Waals surface area contributed by atoms with Gasteiger partial charge in [-0.15, -0.1) is 0 Å². The Morgan fingerprint density at radius 1 is 1.40 bits per heavy atom. The van der Waals surface area contributed by atoms with Gasteiger partial charge < -0.3 is 15.4 Å². The smallest absolute Gasteiger partial charge is 0.137 e. The van der Waals surface area contributed by atoms with Gasteiger partial charge in [0, 0.05) is 32.2 Å². The third kappa shape index (κ3) is 3.60. The van der Waals surface area contributed by atoms with Gasteiger partial charge in [0.25, 0.3) is 0 Å². The van der Waals surface area contributed by atoms with Crippen molar-refractivity contribution in [3.63, 3.8) is 0 Å². The number of aryl methyl sites for hydroxylation is 1. The van der Waals surface area contributed by atoms with Gasteiger partial charge in [-0.1, -0.05) is 6.92 Å². The van der Waals surface area contributed by atoms with Crippen molar-refractivity contribution in [3.8, 4) is 0 Å². The van der Waals surface area contributed by atoms with Gasteiger partial charge in [-0.25, -0.2) is 9.97 Å². The van der Waals surface area contributed by atoms with E-state index in [-0.39, 0.29) is 0 Å². The lowest BCUT2D eigenvalue weighted by atomic mass is 10.0. The Labute approximate surface area is 121 Å². The van der Waals surface area contributed by atoms with Crippen LogP contribution in [0.4, 0.5) is 11.6 Å². The second-order valence-electron chi connectivity index (χ2n) is 5.69. The summed E-state index contributed by atoms with van der Waals surface area (Å²) in [6.07, 6.45) is 4.29. The zero-order valence-corrected chi connectivity index (χ0v) is 12.9. The number of hydrogen-bond acceptors (Lipinski definition) is 5. The molecule has 2 heterocycles. The Balaban J connectivity index is 2.12. The average Bonchev–Trinajstić information content (AvgIpc) is 2.44. The number of aromatic nitrogens is 2. The standard InChI is InChI=1S/C15H26N4O/c1-4-6-13-17-14(16)11(2)15(18-13)19(3)9-12-7-5-8-20-10-12/h12H,4-10H2,1-3H3,(H2,16,17,18). The zero-order chi connectivity index (χ0) is 14.5. The molecule has 0 amide bonds. The first kappa shape index (κ1) is 15.0. The Morgan fingerprint density at radius 2 is 2.20 bits per heavy atom. The number of ether oxygens (including phenoxy) is 1. The fourth-order valence-electron chi connectivity index (χ4n) is 2.70. The molecule has 1 fully saturated rings. The van der Waals surface area contributed by atoms with Gasteiger partial charge in [-0.2, -0.15) is 0 Å². The minimum Gasteiger partial charge on any atom is -0.383 e. The molecule has 1 saturated heterocycles. The largest absolute Gasteiger partial charge is 0.383 e. The van der Waals surface area contributed by atoms with Crippen LogP contribution in [0.3, 0.4) is 0 Å². The van der Waals surface area contributed by atoms with Gasteiger partial charge in [-0.3, -0.25) is 0 Å². The zero-order valence-electron chi connectivity index (χ0n) is 12.9. The number of nitrogens with two attached hydrogens (primary N) is 1. The number of anilines is 2. The van der Waals surface area contributed by atoms with Gasteiger partial charge >= 0.3 is 0 Å². The van der Waals surface area contributed by atoms with E-state index in [1.165, 1.54) is 6.42 Å². The highest BCUT2D eigenvalue weighted by atomic mass is 16.5. The first-order valence-corrected chi connectivity index (χ1v) is 7.53.